The lowest BCUT2D eigenvalue weighted by Crippen LogP contribution is -2.34. The van der Waals surface area contributed by atoms with Crippen LogP contribution in [0.4, 0.5) is 4.79 Å². The van der Waals surface area contributed by atoms with Gasteiger partial charge in [-0.25, -0.2) is 4.79 Å². The summed E-state index contributed by atoms with van der Waals surface area (Å²) in [5, 5.41) is 5.11. The van der Waals surface area contributed by atoms with E-state index in [1.165, 1.54) is 0 Å². The van der Waals surface area contributed by atoms with Crippen molar-refractivity contribution in [2.75, 3.05) is 32.2 Å². The van der Waals surface area contributed by atoms with Gasteiger partial charge < -0.3 is 20.1 Å². The van der Waals surface area contributed by atoms with Gasteiger partial charge in [-0.15, -0.1) is 11.6 Å². The molecule has 6 nitrogen and oxygen atoms in total. The molecule has 0 spiro atoms. The summed E-state index contributed by atoms with van der Waals surface area (Å²) < 4.78 is 10.2. The molecule has 0 fully saturated rings. The highest BCUT2D eigenvalue weighted by Gasteiger charge is 2.15. The molecule has 0 aliphatic rings. The Morgan fingerprint density at radius 2 is 1.67 bits per heavy atom. The molecule has 0 heterocycles. The van der Waals surface area contributed by atoms with Crippen LogP contribution in [0, 0.1) is 0 Å². The summed E-state index contributed by atoms with van der Waals surface area (Å²) in [4.78, 5) is 22.0. The lowest BCUT2D eigenvalue weighted by atomic mass is 10.2. The van der Waals surface area contributed by atoms with Gasteiger partial charge in [0.2, 0.25) is 5.91 Å². The van der Waals surface area contributed by atoms with E-state index >= 15 is 0 Å². The molecule has 0 bridgehead atoms. The SMILES string of the molecule is CC(C)(C)OC(=O)NCCOCCNC(=O)CCl. The molecule has 18 heavy (non-hydrogen) atoms. The zero-order valence-electron chi connectivity index (χ0n) is 11.0. The van der Waals surface area contributed by atoms with Crippen molar-refractivity contribution >= 4 is 23.6 Å². The second-order valence-corrected chi connectivity index (χ2v) is 4.79. The van der Waals surface area contributed by atoms with Crippen LogP contribution < -0.4 is 10.6 Å². The van der Waals surface area contributed by atoms with Gasteiger partial charge in [0.25, 0.3) is 0 Å². The predicted octanol–water partition coefficient (Wildman–Crippen LogP) is 0.883. The van der Waals surface area contributed by atoms with Crippen LogP contribution in [-0.2, 0) is 14.3 Å². The van der Waals surface area contributed by atoms with E-state index in [0.29, 0.717) is 26.3 Å². The molecule has 0 rings (SSSR count). The van der Waals surface area contributed by atoms with E-state index in [0.717, 1.165) is 0 Å². The maximum Gasteiger partial charge on any atom is 0.407 e. The Kier molecular flexibility index (Phi) is 8.49. The molecule has 0 aliphatic heterocycles. The monoisotopic (exact) mass is 280 g/mol. The molecule has 0 unspecified atom stereocenters. The normalized spacial score (nSPS) is 10.9. The zero-order chi connectivity index (χ0) is 14.0. The highest BCUT2D eigenvalue weighted by Crippen LogP contribution is 2.05. The molecule has 0 radical (unpaired) electrons. The summed E-state index contributed by atoms with van der Waals surface area (Å²) in [5.74, 6) is -0.285. The van der Waals surface area contributed by atoms with Crippen LogP contribution in [0.5, 0.6) is 0 Å². The maximum atomic E-state index is 11.2. The van der Waals surface area contributed by atoms with E-state index in [2.05, 4.69) is 10.6 Å². The number of hydrogen-bond donors (Lipinski definition) is 2. The number of nitrogens with one attached hydrogen (secondary N) is 2. The third-order valence-electron chi connectivity index (χ3n) is 1.60. The first kappa shape index (κ1) is 17.0. The Morgan fingerprint density at radius 3 is 2.17 bits per heavy atom. The van der Waals surface area contributed by atoms with Crippen molar-refractivity contribution in [1.82, 2.24) is 10.6 Å². The molecule has 2 N–H and O–H groups in total. The topological polar surface area (TPSA) is 76.7 Å². The zero-order valence-corrected chi connectivity index (χ0v) is 11.8. The van der Waals surface area contributed by atoms with Gasteiger partial charge in [-0.3, -0.25) is 4.79 Å². The Labute approximate surface area is 112 Å². The van der Waals surface area contributed by atoms with Gasteiger partial charge in [0.05, 0.1) is 13.2 Å². The first-order chi connectivity index (χ1) is 8.35. The summed E-state index contributed by atoms with van der Waals surface area (Å²) in [6.45, 7) is 6.87. The lowest BCUT2D eigenvalue weighted by Gasteiger charge is -2.19. The Hall–Kier alpha value is -1.01. The number of carbonyl (C=O) groups is 2. The highest BCUT2D eigenvalue weighted by atomic mass is 35.5. The Balaban J connectivity index is 3.35. The summed E-state index contributed by atoms with van der Waals surface area (Å²) in [6.07, 6.45) is -0.471. The van der Waals surface area contributed by atoms with Gasteiger partial charge in [0.1, 0.15) is 11.5 Å². The van der Waals surface area contributed by atoms with Crippen LogP contribution >= 0.6 is 11.6 Å². The quantitative estimate of drug-likeness (QED) is 0.536. The van der Waals surface area contributed by atoms with E-state index in [9.17, 15) is 9.59 Å². The van der Waals surface area contributed by atoms with Crippen molar-refractivity contribution in [2.24, 2.45) is 0 Å². The molecule has 7 heteroatoms. The number of halogens is 1. The van der Waals surface area contributed by atoms with Crippen LogP contribution in [0.25, 0.3) is 0 Å². The minimum Gasteiger partial charge on any atom is -0.444 e. The first-order valence-electron chi connectivity index (χ1n) is 5.72. The molecule has 0 atom stereocenters. The number of alkyl carbamates (subject to hydrolysis) is 1. The van der Waals surface area contributed by atoms with Crippen molar-refractivity contribution in [3.8, 4) is 0 Å². The van der Waals surface area contributed by atoms with E-state index in [1.807, 2.05) is 0 Å². The third-order valence-corrected chi connectivity index (χ3v) is 1.85. The summed E-state index contributed by atoms with van der Waals surface area (Å²) in [5.41, 5.74) is -0.503. The van der Waals surface area contributed by atoms with Gasteiger partial charge in [-0.05, 0) is 20.8 Å². The van der Waals surface area contributed by atoms with Crippen molar-refractivity contribution < 1.29 is 19.1 Å². The molecule has 0 aromatic carbocycles. The van der Waals surface area contributed by atoms with Crippen LogP contribution in [-0.4, -0.2) is 49.8 Å². The van der Waals surface area contributed by atoms with E-state index in [1.54, 1.807) is 20.8 Å². The summed E-state index contributed by atoms with van der Waals surface area (Å²) >= 11 is 5.29. The fourth-order valence-electron chi connectivity index (χ4n) is 0.951. The average Bonchev–Trinajstić information content (AvgIpc) is 2.25. The molecular formula is C11H21ClN2O4. The standard InChI is InChI=1S/C11H21ClN2O4/c1-11(2,3)18-10(16)14-5-7-17-6-4-13-9(15)8-12/h4-8H2,1-3H3,(H,13,15)(H,14,16). The number of ether oxygens (including phenoxy) is 2. The smallest absolute Gasteiger partial charge is 0.407 e. The molecular weight excluding hydrogens is 260 g/mol. The number of amides is 2. The van der Waals surface area contributed by atoms with Gasteiger partial charge >= 0.3 is 6.09 Å². The number of carbonyl (C=O) groups excluding carboxylic acids is 2. The lowest BCUT2D eigenvalue weighted by molar-refractivity contribution is -0.118. The van der Waals surface area contributed by atoms with Crippen molar-refractivity contribution in [1.29, 1.82) is 0 Å². The molecule has 0 aliphatic carbocycles. The average molecular weight is 281 g/mol. The van der Waals surface area contributed by atoms with E-state index in [4.69, 9.17) is 21.1 Å². The molecule has 0 aromatic heterocycles. The number of hydrogen-bond acceptors (Lipinski definition) is 4. The van der Waals surface area contributed by atoms with Gasteiger partial charge in [0, 0.05) is 13.1 Å². The fourth-order valence-corrected chi connectivity index (χ4v) is 1.05. The molecule has 0 aromatic rings. The minimum atomic E-state index is -0.503. The van der Waals surface area contributed by atoms with Gasteiger partial charge in [0.15, 0.2) is 0 Å². The van der Waals surface area contributed by atoms with Gasteiger partial charge in [-0.2, -0.15) is 0 Å². The van der Waals surface area contributed by atoms with Crippen molar-refractivity contribution in [3.63, 3.8) is 0 Å². The third kappa shape index (κ3) is 11.5. The second-order valence-electron chi connectivity index (χ2n) is 4.52. The fraction of sp³-hybridized carbons (Fsp3) is 0.818. The summed E-state index contributed by atoms with van der Waals surface area (Å²) in [7, 11) is 0. The van der Waals surface area contributed by atoms with E-state index < -0.39 is 11.7 Å². The highest BCUT2D eigenvalue weighted by molar-refractivity contribution is 6.27. The first-order valence-corrected chi connectivity index (χ1v) is 6.26. The molecule has 0 saturated carbocycles. The van der Waals surface area contributed by atoms with Crippen LogP contribution in [0.1, 0.15) is 20.8 Å². The largest absolute Gasteiger partial charge is 0.444 e. The minimum absolute atomic E-state index is 0.0554. The predicted molar refractivity (Wildman–Crippen MR) is 68.8 cm³/mol. The van der Waals surface area contributed by atoms with Crippen LogP contribution in [0.2, 0.25) is 0 Å². The maximum absolute atomic E-state index is 11.2. The van der Waals surface area contributed by atoms with E-state index in [-0.39, 0.29) is 11.8 Å². The van der Waals surface area contributed by atoms with Crippen LogP contribution in [0.15, 0.2) is 0 Å². The Morgan fingerprint density at radius 1 is 1.11 bits per heavy atom. The molecule has 2 amide bonds. The molecule has 0 saturated heterocycles. The number of alkyl halides is 1. The molecule has 106 valence electrons. The Bertz CT molecular complexity index is 266. The summed E-state index contributed by atoms with van der Waals surface area (Å²) in [6, 6.07) is 0. The van der Waals surface area contributed by atoms with Crippen molar-refractivity contribution in [2.45, 2.75) is 26.4 Å². The number of rotatable bonds is 7. The second kappa shape index (κ2) is 8.99. The van der Waals surface area contributed by atoms with Crippen LogP contribution in [0.3, 0.4) is 0 Å². The van der Waals surface area contributed by atoms with Gasteiger partial charge in [-0.1, -0.05) is 0 Å². The van der Waals surface area contributed by atoms with Crippen molar-refractivity contribution in [3.05, 3.63) is 0 Å².